The van der Waals surface area contributed by atoms with Crippen molar-refractivity contribution >= 4 is 11.9 Å². The summed E-state index contributed by atoms with van der Waals surface area (Å²) in [7, 11) is 3.08. The van der Waals surface area contributed by atoms with Crippen molar-refractivity contribution in [2.75, 3.05) is 27.2 Å². The number of likely N-dealkylation sites (N-methyl/N-ethyl adjacent to an activating group) is 1. The van der Waals surface area contributed by atoms with Crippen LogP contribution in [0.25, 0.3) is 0 Å². The van der Waals surface area contributed by atoms with Crippen molar-refractivity contribution in [1.82, 2.24) is 9.80 Å². The molecule has 1 amide bonds. The zero-order valence-electron chi connectivity index (χ0n) is 12.0. The van der Waals surface area contributed by atoms with Crippen LogP contribution in [0, 0.1) is 0 Å². The lowest BCUT2D eigenvalue weighted by Crippen LogP contribution is -2.43. The van der Waals surface area contributed by atoms with Gasteiger partial charge in [-0.15, -0.1) is 0 Å². The Bertz CT molecular complexity index is 421. The average Bonchev–Trinajstić information content (AvgIpc) is 3.06. The van der Waals surface area contributed by atoms with E-state index in [-0.39, 0.29) is 12.5 Å². The largest absolute Gasteiger partial charge is 0.468 e. The fourth-order valence-corrected chi connectivity index (χ4v) is 2.83. The second kappa shape index (κ2) is 6.37. The van der Waals surface area contributed by atoms with E-state index in [0.29, 0.717) is 13.0 Å². The first kappa shape index (κ1) is 15.0. The lowest BCUT2D eigenvalue weighted by molar-refractivity contribution is -0.146. The van der Waals surface area contributed by atoms with Gasteiger partial charge in [-0.3, -0.25) is 14.5 Å². The predicted octanol–water partition coefficient (Wildman–Crippen LogP) is 0.121. The minimum absolute atomic E-state index is 0.0545. The number of ether oxygens (including phenoxy) is 1. The highest BCUT2D eigenvalue weighted by atomic mass is 16.5. The van der Waals surface area contributed by atoms with E-state index >= 15 is 0 Å². The number of likely N-dealkylation sites (tertiary alicyclic amines) is 1. The fourth-order valence-electron chi connectivity index (χ4n) is 2.83. The topological polar surface area (TPSA) is 70.1 Å². The summed E-state index contributed by atoms with van der Waals surface area (Å²) in [5.41, 5.74) is 1.05. The normalized spacial score (nSPS) is 26.4. The van der Waals surface area contributed by atoms with E-state index in [9.17, 15) is 14.7 Å². The van der Waals surface area contributed by atoms with Gasteiger partial charge < -0.3 is 14.7 Å². The van der Waals surface area contributed by atoms with E-state index in [1.165, 1.54) is 7.11 Å². The molecule has 6 heteroatoms. The van der Waals surface area contributed by atoms with E-state index < -0.39 is 18.1 Å². The van der Waals surface area contributed by atoms with Gasteiger partial charge in [0.2, 0.25) is 5.91 Å². The number of esters is 1. The number of methoxy groups -OCH3 is 1. The number of aliphatic hydroxyl groups is 1. The zero-order valence-corrected chi connectivity index (χ0v) is 12.0. The number of aliphatic hydroxyl groups excluding tert-OH is 1. The molecule has 2 atom stereocenters. The number of hydrogen-bond acceptors (Lipinski definition) is 5. The summed E-state index contributed by atoms with van der Waals surface area (Å²) < 4.78 is 4.73. The maximum atomic E-state index is 12.3. The number of hydrogen-bond donors (Lipinski definition) is 1. The Morgan fingerprint density at radius 1 is 1.55 bits per heavy atom. The molecule has 2 aliphatic rings. The van der Waals surface area contributed by atoms with Gasteiger partial charge in [0, 0.05) is 25.7 Å². The van der Waals surface area contributed by atoms with Gasteiger partial charge in [-0.1, -0.05) is 6.08 Å². The fraction of sp³-hybridized carbons (Fsp3) is 0.714. The minimum Gasteiger partial charge on any atom is -0.468 e. The maximum absolute atomic E-state index is 12.3. The van der Waals surface area contributed by atoms with Gasteiger partial charge in [-0.2, -0.15) is 0 Å². The predicted molar refractivity (Wildman–Crippen MR) is 72.7 cm³/mol. The molecular weight excluding hydrogens is 260 g/mol. The Labute approximate surface area is 119 Å². The average molecular weight is 282 g/mol. The lowest BCUT2D eigenvalue weighted by atomic mass is 10.2. The highest BCUT2D eigenvalue weighted by Crippen LogP contribution is 2.22. The molecule has 0 spiro atoms. The Kier molecular flexibility index (Phi) is 4.77. The Balaban J connectivity index is 1.97. The molecule has 6 nitrogen and oxygen atoms in total. The minimum atomic E-state index is -0.581. The van der Waals surface area contributed by atoms with Gasteiger partial charge in [0.1, 0.15) is 6.04 Å². The van der Waals surface area contributed by atoms with Crippen LogP contribution in [0.1, 0.15) is 25.7 Å². The van der Waals surface area contributed by atoms with Gasteiger partial charge >= 0.3 is 5.97 Å². The molecule has 0 aromatic carbocycles. The number of carbonyl (C=O) groups is 2. The van der Waals surface area contributed by atoms with Gasteiger partial charge in [0.15, 0.2) is 0 Å². The first-order valence-corrected chi connectivity index (χ1v) is 6.98. The van der Waals surface area contributed by atoms with E-state index in [2.05, 4.69) is 6.08 Å². The van der Waals surface area contributed by atoms with Crippen molar-refractivity contribution in [3.8, 4) is 0 Å². The molecule has 0 bridgehead atoms. The van der Waals surface area contributed by atoms with Gasteiger partial charge in [0.25, 0.3) is 0 Å². The molecule has 0 radical (unpaired) electrons. The zero-order chi connectivity index (χ0) is 14.7. The van der Waals surface area contributed by atoms with Crippen LogP contribution >= 0.6 is 0 Å². The highest BCUT2D eigenvalue weighted by molar-refractivity contribution is 5.82. The molecule has 1 fully saturated rings. The second-order valence-electron chi connectivity index (χ2n) is 5.40. The van der Waals surface area contributed by atoms with Crippen LogP contribution in [0.4, 0.5) is 0 Å². The van der Waals surface area contributed by atoms with Crippen molar-refractivity contribution in [1.29, 1.82) is 0 Å². The summed E-state index contributed by atoms with van der Waals surface area (Å²) in [4.78, 5) is 27.3. The summed E-state index contributed by atoms with van der Waals surface area (Å²) in [6.07, 6.45) is 4.84. The molecule has 1 N–H and O–H groups in total. The molecule has 0 aromatic rings. The summed E-state index contributed by atoms with van der Waals surface area (Å²) in [6.45, 7) is 0.461. The SMILES string of the molecule is COC(=O)C1CC(O)CN1CC(=O)N(C)C1=CCCC1. The quantitative estimate of drug-likeness (QED) is 0.742. The molecule has 0 aromatic heterocycles. The molecule has 1 heterocycles. The maximum Gasteiger partial charge on any atom is 0.323 e. The van der Waals surface area contributed by atoms with Gasteiger partial charge in [-0.25, -0.2) is 0 Å². The van der Waals surface area contributed by atoms with Crippen molar-refractivity contribution < 1.29 is 19.4 Å². The summed E-state index contributed by atoms with van der Waals surface area (Å²) >= 11 is 0. The number of rotatable bonds is 4. The first-order chi connectivity index (χ1) is 9.52. The van der Waals surface area contributed by atoms with E-state index in [1.54, 1.807) is 16.8 Å². The molecule has 2 rings (SSSR count). The van der Waals surface area contributed by atoms with Crippen molar-refractivity contribution in [3.05, 3.63) is 11.8 Å². The first-order valence-electron chi connectivity index (χ1n) is 6.98. The Hall–Kier alpha value is -1.40. The second-order valence-corrected chi connectivity index (χ2v) is 5.40. The van der Waals surface area contributed by atoms with E-state index in [0.717, 1.165) is 25.0 Å². The van der Waals surface area contributed by atoms with E-state index in [4.69, 9.17) is 4.74 Å². The standard InChI is InChI=1S/C14H22N2O4/c1-15(10-5-3-4-6-10)13(18)9-16-8-11(17)7-12(16)14(19)20-2/h5,11-12,17H,3-4,6-9H2,1-2H3. The monoisotopic (exact) mass is 282 g/mol. The number of allylic oxidation sites excluding steroid dienone is 2. The van der Waals surface area contributed by atoms with Crippen molar-refractivity contribution in [2.45, 2.75) is 37.8 Å². The molecule has 112 valence electrons. The summed E-state index contributed by atoms with van der Waals surface area (Å²) in [5, 5.41) is 9.69. The lowest BCUT2D eigenvalue weighted by Gasteiger charge is -2.25. The van der Waals surface area contributed by atoms with Crippen LogP contribution in [0.3, 0.4) is 0 Å². The molecule has 20 heavy (non-hydrogen) atoms. The van der Waals surface area contributed by atoms with Crippen LogP contribution in [0.5, 0.6) is 0 Å². The third-order valence-electron chi connectivity index (χ3n) is 4.01. The van der Waals surface area contributed by atoms with Crippen LogP contribution < -0.4 is 0 Å². The Morgan fingerprint density at radius 2 is 2.30 bits per heavy atom. The van der Waals surface area contributed by atoms with Crippen LogP contribution in [0.2, 0.25) is 0 Å². The molecule has 2 unspecified atom stereocenters. The third-order valence-corrected chi connectivity index (χ3v) is 4.01. The number of β-amino-alcohol motifs (C(OH)–C–C–N with tert-alkyl or cyclic N) is 1. The smallest absolute Gasteiger partial charge is 0.323 e. The number of amides is 1. The third kappa shape index (κ3) is 3.19. The van der Waals surface area contributed by atoms with Gasteiger partial charge in [0.05, 0.1) is 19.8 Å². The van der Waals surface area contributed by atoms with Gasteiger partial charge in [-0.05, 0) is 19.3 Å². The van der Waals surface area contributed by atoms with Crippen molar-refractivity contribution in [3.63, 3.8) is 0 Å². The van der Waals surface area contributed by atoms with Crippen LogP contribution in [-0.2, 0) is 14.3 Å². The Morgan fingerprint density at radius 3 is 2.90 bits per heavy atom. The number of carbonyl (C=O) groups excluding carboxylic acids is 2. The molecule has 1 saturated heterocycles. The summed E-state index contributed by atoms with van der Waals surface area (Å²) in [6, 6.07) is -0.523. The molecular formula is C14H22N2O4. The summed E-state index contributed by atoms with van der Waals surface area (Å²) in [5.74, 6) is -0.446. The number of nitrogens with zero attached hydrogens (tertiary/aromatic N) is 2. The van der Waals surface area contributed by atoms with Crippen LogP contribution in [0.15, 0.2) is 11.8 Å². The van der Waals surface area contributed by atoms with E-state index in [1.807, 2.05) is 0 Å². The van der Waals surface area contributed by atoms with Crippen molar-refractivity contribution in [2.24, 2.45) is 0 Å². The molecule has 1 aliphatic carbocycles. The molecule has 0 saturated carbocycles. The highest BCUT2D eigenvalue weighted by Gasteiger charge is 2.38. The van der Waals surface area contributed by atoms with Crippen LogP contribution in [-0.4, -0.2) is 66.2 Å². The molecule has 1 aliphatic heterocycles.